The van der Waals surface area contributed by atoms with Gasteiger partial charge in [0.15, 0.2) is 0 Å². The Balaban J connectivity index is -0.000000391. The molecule has 0 spiro atoms. The summed E-state index contributed by atoms with van der Waals surface area (Å²) in [7, 11) is 0. The Morgan fingerprint density at radius 3 is 1.03 bits per heavy atom. The number of hydrogen-bond acceptors (Lipinski definition) is 3. The van der Waals surface area contributed by atoms with E-state index in [2.05, 4.69) is 30.6 Å². The number of nitrogens with zero attached hydrogens (tertiary/aromatic N) is 6. The van der Waals surface area contributed by atoms with Crippen molar-refractivity contribution >= 4 is 0 Å². The molecule has 33 heavy (non-hydrogen) atoms. The van der Waals surface area contributed by atoms with E-state index in [1.165, 1.54) is 20.8 Å². The normalized spacial score (nSPS) is 10.9. The van der Waals surface area contributed by atoms with Gasteiger partial charge in [0.25, 0.3) is 0 Å². The summed E-state index contributed by atoms with van der Waals surface area (Å²) in [5.41, 5.74) is -1.92. The standard InChI is InChI=1S/3C5H4F3N2.3Cu/c3*1-3-2-4(10-9-3)5(6,7)8;;;/h3*2H,1H3;;;/q3*-1;3*+1. The third-order valence-corrected chi connectivity index (χ3v) is 2.85. The Kier molecular flexibility index (Phi) is 15.4. The van der Waals surface area contributed by atoms with Gasteiger partial charge < -0.3 is 30.6 Å². The van der Waals surface area contributed by atoms with E-state index >= 15 is 0 Å². The maximum Gasteiger partial charge on any atom is 1.00 e. The summed E-state index contributed by atoms with van der Waals surface area (Å²) in [6, 6.07) is 2.71. The molecule has 3 rings (SSSR count). The number of aryl methyl sites for hydroxylation is 3. The van der Waals surface area contributed by atoms with Crippen LogP contribution in [0.1, 0.15) is 34.2 Å². The number of halogens is 9. The Hall–Kier alpha value is -1.44. The third-order valence-electron chi connectivity index (χ3n) is 2.85. The SMILES string of the molecule is Cc1cc(C(F)(F)F)[n-]n1.Cc1cc(C(F)(F)F)n[n-]1.Cc1cc(C(F)(F)F)n[n-]1.[Cu+].[Cu+].[Cu+]. The minimum Gasteiger partial charge on any atom is -0.579 e. The second kappa shape index (κ2) is 14.1. The Bertz CT molecular complexity index is 809. The maximum atomic E-state index is 11.7. The molecule has 0 aliphatic heterocycles. The van der Waals surface area contributed by atoms with Gasteiger partial charge in [0.2, 0.25) is 0 Å². The maximum absolute atomic E-state index is 11.7. The van der Waals surface area contributed by atoms with Crippen molar-refractivity contribution in [2.24, 2.45) is 0 Å². The van der Waals surface area contributed by atoms with Crippen molar-refractivity contribution in [2.75, 3.05) is 0 Å². The van der Waals surface area contributed by atoms with Crippen molar-refractivity contribution in [3.05, 3.63) is 52.4 Å². The average molecular weight is 638 g/mol. The Morgan fingerprint density at radius 1 is 0.545 bits per heavy atom. The minimum absolute atomic E-state index is 0. The fourth-order valence-corrected chi connectivity index (χ4v) is 1.58. The van der Waals surface area contributed by atoms with Gasteiger partial charge in [-0.2, -0.15) is 39.5 Å². The van der Waals surface area contributed by atoms with Gasteiger partial charge in [0.05, 0.1) is 0 Å². The molecule has 0 atom stereocenters. The molecule has 0 aromatic carbocycles. The van der Waals surface area contributed by atoms with Gasteiger partial charge in [-0.25, -0.2) is 0 Å². The molecule has 0 saturated heterocycles. The van der Waals surface area contributed by atoms with Crippen LogP contribution in [0.4, 0.5) is 39.5 Å². The zero-order chi connectivity index (χ0) is 23.3. The van der Waals surface area contributed by atoms with E-state index in [1.54, 1.807) is 0 Å². The first kappa shape index (κ1) is 36.1. The van der Waals surface area contributed by atoms with E-state index in [0.29, 0.717) is 0 Å². The molecule has 0 radical (unpaired) electrons. The smallest absolute Gasteiger partial charge is 0.579 e. The summed E-state index contributed by atoms with van der Waals surface area (Å²) in [5.74, 6) is 0. The van der Waals surface area contributed by atoms with Crippen LogP contribution in [0.5, 0.6) is 0 Å². The Labute approximate surface area is 212 Å². The monoisotopic (exact) mass is 636 g/mol. The van der Waals surface area contributed by atoms with Crippen molar-refractivity contribution < 1.29 is 90.7 Å². The Morgan fingerprint density at radius 2 is 0.909 bits per heavy atom. The molecule has 0 N–H and O–H groups in total. The fourth-order valence-electron chi connectivity index (χ4n) is 1.58. The minimum atomic E-state index is -4.36. The molecule has 0 saturated carbocycles. The van der Waals surface area contributed by atoms with Crippen molar-refractivity contribution in [3.63, 3.8) is 0 Å². The van der Waals surface area contributed by atoms with Gasteiger partial charge in [-0.3, -0.25) is 0 Å². The van der Waals surface area contributed by atoms with Crippen molar-refractivity contribution in [3.8, 4) is 0 Å². The molecule has 18 heteroatoms. The van der Waals surface area contributed by atoms with E-state index in [9.17, 15) is 39.5 Å². The van der Waals surface area contributed by atoms with Gasteiger partial charge in [0, 0.05) is 5.69 Å². The molecule has 0 aliphatic carbocycles. The predicted octanol–water partition coefficient (Wildman–Crippen LogP) is 4.09. The van der Waals surface area contributed by atoms with Crippen LogP contribution in [-0.4, -0.2) is 15.3 Å². The van der Waals surface area contributed by atoms with Crippen LogP contribution in [0, 0.1) is 20.8 Å². The van der Waals surface area contributed by atoms with Crippen molar-refractivity contribution in [1.29, 1.82) is 0 Å². The molecule has 0 fully saturated rings. The largest absolute Gasteiger partial charge is 1.00 e. The summed E-state index contributed by atoms with van der Waals surface area (Å²) in [6.45, 7) is 4.38. The van der Waals surface area contributed by atoms with E-state index in [1.807, 2.05) is 0 Å². The zero-order valence-corrected chi connectivity index (χ0v) is 19.0. The molecular formula is C15H12Cu3F9N6. The number of alkyl halides is 9. The molecule has 3 aromatic heterocycles. The van der Waals surface area contributed by atoms with E-state index in [-0.39, 0.29) is 68.3 Å². The second-order valence-corrected chi connectivity index (χ2v) is 5.61. The molecule has 3 aromatic rings. The molecule has 0 unspecified atom stereocenters. The van der Waals surface area contributed by atoms with Gasteiger partial charge in [0.1, 0.15) is 11.4 Å². The fraction of sp³-hybridized carbons (Fsp3) is 0.400. The third kappa shape index (κ3) is 13.1. The first-order valence-electron chi connectivity index (χ1n) is 7.62. The number of rotatable bonds is 0. The van der Waals surface area contributed by atoms with E-state index in [0.717, 1.165) is 18.2 Å². The van der Waals surface area contributed by atoms with E-state index in [4.69, 9.17) is 0 Å². The van der Waals surface area contributed by atoms with Gasteiger partial charge in [-0.05, 0) is 12.6 Å². The van der Waals surface area contributed by atoms with Crippen LogP contribution in [-0.2, 0) is 69.7 Å². The molecule has 3 heterocycles. The molecule has 0 aliphatic rings. The van der Waals surface area contributed by atoms with Crippen LogP contribution in [0.2, 0.25) is 0 Å². The molecule has 0 bridgehead atoms. The van der Waals surface area contributed by atoms with E-state index < -0.39 is 35.6 Å². The molecule has 6 nitrogen and oxygen atoms in total. The van der Waals surface area contributed by atoms with Crippen LogP contribution >= 0.6 is 0 Å². The number of aromatic nitrogens is 6. The molecular weight excluding hydrogens is 626 g/mol. The summed E-state index contributed by atoms with van der Waals surface area (Å²) >= 11 is 0. The second-order valence-electron chi connectivity index (χ2n) is 5.61. The topological polar surface area (TPSA) is 81.0 Å². The predicted molar refractivity (Wildman–Crippen MR) is 81.9 cm³/mol. The average Bonchev–Trinajstić information content (AvgIpc) is 3.27. The van der Waals surface area contributed by atoms with Gasteiger partial charge in [-0.1, -0.05) is 32.0 Å². The van der Waals surface area contributed by atoms with Crippen LogP contribution < -0.4 is 15.3 Å². The summed E-state index contributed by atoms with van der Waals surface area (Å²) in [5, 5.41) is 18.4. The van der Waals surface area contributed by atoms with Crippen LogP contribution in [0.25, 0.3) is 0 Å². The van der Waals surface area contributed by atoms with Crippen molar-refractivity contribution in [1.82, 2.24) is 30.6 Å². The van der Waals surface area contributed by atoms with Crippen LogP contribution in [0.15, 0.2) is 18.2 Å². The summed E-state index contributed by atoms with van der Waals surface area (Å²) < 4.78 is 105. The zero-order valence-electron chi connectivity index (χ0n) is 16.2. The molecule has 198 valence electrons. The van der Waals surface area contributed by atoms with Crippen molar-refractivity contribution in [2.45, 2.75) is 39.3 Å². The first-order chi connectivity index (χ1) is 13.5. The quantitative estimate of drug-likeness (QED) is 0.273. The number of hydrogen-bond donors (Lipinski definition) is 0. The van der Waals surface area contributed by atoms with Gasteiger partial charge >= 0.3 is 69.7 Å². The van der Waals surface area contributed by atoms with Crippen LogP contribution in [0.3, 0.4) is 0 Å². The summed E-state index contributed by atoms with van der Waals surface area (Å²) in [6.07, 6.45) is -13.1. The van der Waals surface area contributed by atoms with Gasteiger partial charge in [-0.15, -0.1) is 11.4 Å². The first-order valence-corrected chi connectivity index (χ1v) is 7.62. The summed E-state index contributed by atoms with van der Waals surface area (Å²) in [4.78, 5) is 0. The molecule has 0 amide bonds.